The standard InChI is InChI=1S/C19H21N7O/c1-11-15(12(2)26(3)25-11)17-23-16-18(21-10-22-19(16)24-17)20-9-8-13-4-6-14(27)7-5-13/h4-7,10,27H,8-9H2,1-3H3,(H2,20,21,22,23,24). The molecule has 0 radical (unpaired) electrons. The van der Waals surface area contributed by atoms with Crippen LogP contribution in [-0.2, 0) is 13.5 Å². The highest BCUT2D eigenvalue weighted by Crippen LogP contribution is 2.27. The van der Waals surface area contributed by atoms with E-state index in [2.05, 4.69) is 30.4 Å². The third-order valence-electron chi connectivity index (χ3n) is 4.68. The first-order valence-corrected chi connectivity index (χ1v) is 8.76. The van der Waals surface area contributed by atoms with Gasteiger partial charge in [-0.15, -0.1) is 0 Å². The monoisotopic (exact) mass is 363 g/mol. The average Bonchev–Trinajstić information content (AvgIpc) is 3.17. The van der Waals surface area contributed by atoms with Crippen LogP contribution in [0.3, 0.4) is 0 Å². The van der Waals surface area contributed by atoms with E-state index in [0.29, 0.717) is 12.2 Å². The Morgan fingerprint density at radius 1 is 1.15 bits per heavy atom. The van der Waals surface area contributed by atoms with E-state index in [0.717, 1.165) is 46.1 Å². The Morgan fingerprint density at radius 3 is 2.63 bits per heavy atom. The molecule has 0 atom stereocenters. The van der Waals surface area contributed by atoms with Crippen molar-refractivity contribution in [2.24, 2.45) is 7.05 Å². The van der Waals surface area contributed by atoms with Gasteiger partial charge in [-0.3, -0.25) is 4.68 Å². The first-order valence-electron chi connectivity index (χ1n) is 8.76. The highest BCUT2D eigenvalue weighted by atomic mass is 16.3. The zero-order valence-corrected chi connectivity index (χ0v) is 15.5. The minimum Gasteiger partial charge on any atom is -0.508 e. The van der Waals surface area contributed by atoms with Gasteiger partial charge in [0.15, 0.2) is 11.5 Å². The van der Waals surface area contributed by atoms with Crippen LogP contribution in [-0.4, -0.2) is 41.4 Å². The van der Waals surface area contributed by atoms with Crippen LogP contribution in [0.5, 0.6) is 5.75 Å². The van der Waals surface area contributed by atoms with Gasteiger partial charge in [-0.2, -0.15) is 5.10 Å². The molecular formula is C19H21N7O. The maximum absolute atomic E-state index is 9.37. The summed E-state index contributed by atoms with van der Waals surface area (Å²) in [5.41, 5.74) is 5.49. The lowest BCUT2D eigenvalue weighted by atomic mass is 10.1. The second kappa shape index (κ2) is 6.71. The summed E-state index contributed by atoms with van der Waals surface area (Å²) in [5.74, 6) is 1.74. The number of aromatic hydroxyl groups is 1. The fourth-order valence-electron chi connectivity index (χ4n) is 3.19. The number of benzene rings is 1. The molecule has 0 saturated heterocycles. The summed E-state index contributed by atoms with van der Waals surface area (Å²) >= 11 is 0. The maximum atomic E-state index is 9.37. The second-order valence-electron chi connectivity index (χ2n) is 6.52. The summed E-state index contributed by atoms with van der Waals surface area (Å²) in [7, 11) is 1.92. The molecule has 3 heterocycles. The molecule has 8 heteroatoms. The number of phenols is 1. The van der Waals surface area contributed by atoms with Gasteiger partial charge >= 0.3 is 0 Å². The van der Waals surface area contributed by atoms with Crippen LogP contribution in [0.4, 0.5) is 5.82 Å². The van der Waals surface area contributed by atoms with E-state index in [4.69, 9.17) is 0 Å². The average molecular weight is 363 g/mol. The zero-order valence-electron chi connectivity index (χ0n) is 15.5. The summed E-state index contributed by atoms with van der Waals surface area (Å²) in [4.78, 5) is 16.6. The van der Waals surface area contributed by atoms with Crippen LogP contribution in [0.1, 0.15) is 17.0 Å². The summed E-state index contributed by atoms with van der Waals surface area (Å²) in [6, 6.07) is 7.21. The SMILES string of the molecule is Cc1nn(C)c(C)c1-c1nc2ncnc(NCCc3ccc(O)cc3)c2[nH]1. The number of aryl methyl sites for hydroxylation is 2. The van der Waals surface area contributed by atoms with Gasteiger partial charge in [-0.05, 0) is 38.0 Å². The molecule has 138 valence electrons. The number of nitrogens with zero attached hydrogens (tertiary/aromatic N) is 5. The maximum Gasteiger partial charge on any atom is 0.183 e. The topological polar surface area (TPSA) is 105 Å². The van der Waals surface area contributed by atoms with Crippen molar-refractivity contribution in [1.82, 2.24) is 29.7 Å². The number of aromatic nitrogens is 6. The normalized spacial score (nSPS) is 11.2. The highest BCUT2D eigenvalue weighted by molar-refractivity contribution is 5.85. The predicted molar refractivity (Wildman–Crippen MR) is 104 cm³/mol. The van der Waals surface area contributed by atoms with Crippen LogP contribution < -0.4 is 5.32 Å². The van der Waals surface area contributed by atoms with E-state index in [9.17, 15) is 5.11 Å². The van der Waals surface area contributed by atoms with Crippen LogP contribution in [0, 0.1) is 13.8 Å². The van der Waals surface area contributed by atoms with E-state index in [1.54, 1.807) is 12.1 Å². The molecule has 0 bridgehead atoms. The van der Waals surface area contributed by atoms with Crippen molar-refractivity contribution in [3.8, 4) is 17.1 Å². The summed E-state index contributed by atoms with van der Waals surface area (Å²) in [5, 5.41) is 17.2. The van der Waals surface area contributed by atoms with Crippen LogP contribution in [0.15, 0.2) is 30.6 Å². The van der Waals surface area contributed by atoms with Crippen molar-refractivity contribution < 1.29 is 5.11 Å². The highest BCUT2D eigenvalue weighted by Gasteiger charge is 2.17. The molecule has 0 spiro atoms. The third kappa shape index (κ3) is 3.21. The van der Waals surface area contributed by atoms with E-state index >= 15 is 0 Å². The number of fused-ring (bicyclic) bond motifs is 1. The van der Waals surface area contributed by atoms with Gasteiger partial charge < -0.3 is 15.4 Å². The first kappa shape index (κ1) is 17.0. The molecule has 4 rings (SSSR count). The fourth-order valence-corrected chi connectivity index (χ4v) is 3.19. The number of aromatic amines is 1. The van der Waals surface area contributed by atoms with Gasteiger partial charge in [0, 0.05) is 19.3 Å². The molecule has 3 aromatic heterocycles. The zero-order chi connectivity index (χ0) is 19.0. The quantitative estimate of drug-likeness (QED) is 0.504. The van der Waals surface area contributed by atoms with Gasteiger partial charge in [0.1, 0.15) is 23.4 Å². The van der Waals surface area contributed by atoms with Gasteiger partial charge in [-0.1, -0.05) is 12.1 Å². The van der Waals surface area contributed by atoms with Gasteiger partial charge in [0.25, 0.3) is 0 Å². The number of rotatable bonds is 5. The number of phenolic OH excluding ortho intramolecular Hbond substituents is 1. The molecule has 8 nitrogen and oxygen atoms in total. The van der Waals surface area contributed by atoms with E-state index in [1.165, 1.54) is 6.33 Å². The minimum atomic E-state index is 0.273. The Balaban J connectivity index is 1.58. The van der Waals surface area contributed by atoms with E-state index in [-0.39, 0.29) is 5.75 Å². The molecule has 0 unspecified atom stereocenters. The Bertz CT molecular complexity index is 1100. The Labute approximate surface area is 156 Å². The van der Waals surface area contributed by atoms with Crippen molar-refractivity contribution in [2.75, 3.05) is 11.9 Å². The smallest absolute Gasteiger partial charge is 0.183 e. The number of hydrogen-bond donors (Lipinski definition) is 3. The molecule has 0 aliphatic heterocycles. The predicted octanol–water partition coefficient (Wildman–Crippen LogP) is 2.73. The molecule has 1 aromatic carbocycles. The van der Waals surface area contributed by atoms with Crippen LogP contribution in [0.25, 0.3) is 22.6 Å². The third-order valence-corrected chi connectivity index (χ3v) is 4.68. The van der Waals surface area contributed by atoms with Crippen molar-refractivity contribution in [2.45, 2.75) is 20.3 Å². The lowest BCUT2D eigenvalue weighted by Gasteiger charge is -2.06. The molecule has 0 aliphatic carbocycles. The van der Waals surface area contributed by atoms with Crippen molar-refractivity contribution >= 4 is 17.0 Å². The Hall–Kier alpha value is -3.42. The van der Waals surface area contributed by atoms with Gasteiger partial charge in [0.2, 0.25) is 0 Å². The van der Waals surface area contributed by atoms with Crippen LogP contribution in [0.2, 0.25) is 0 Å². The lowest BCUT2D eigenvalue weighted by Crippen LogP contribution is -2.07. The minimum absolute atomic E-state index is 0.273. The summed E-state index contributed by atoms with van der Waals surface area (Å²) in [6.07, 6.45) is 2.33. The molecule has 3 N–H and O–H groups in total. The number of hydrogen-bond acceptors (Lipinski definition) is 6. The van der Waals surface area contributed by atoms with E-state index < -0.39 is 0 Å². The second-order valence-corrected chi connectivity index (χ2v) is 6.52. The number of nitrogens with one attached hydrogen (secondary N) is 2. The number of anilines is 1. The van der Waals surface area contributed by atoms with Gasteiger partial charge in [0.05, 0.1) is 11.3 Å². The molecular weight excluding hydrogens is 342 g/mol. The van der Waals surface area contributed by atoms with Crippen LogP contribution >= 0.6 is 0 Å². The molecule has 0 aliphatic rings. The largest absolute Gasteiger partial charge is 0.508 e. The summed E-state index contributed by atoms with van der Waals surface area (Å²) < 4.78 is 1.85. The Morgan fingerprint density at radius 2 is 1.93 bits per heavy atom. The molecule has 0 saturated carbocycles. The fraction of sp³-hybridized carbons (Fsp3) is 0.263. The number of imidazole rings is 1. The van der Waals surface area contributed by atoms with E-state index in [1.807, 2.05) is 37.7 Å². The van der Waals surface area contributed by atoms with Gasteiger partial charge in [-0.25, -0.2) is 15.0 Å². The van der Waals surface area contributed by atoms with Crippen molar-refractivity contribution in [3.63, 3.8) is 0 Å². The molecule has 0 amide bonds. The number of H-pyrrole nitrogens is 1. The summed E-state index contributed by atoms with van der Waals surface area (Å²) in [6.45, 7) is 4.69. The lowest BCUT2D eigenvalue weighted by molar-refractivity contribution is 0.475. The molecule has 27 heavy (non-hydrogen) atoms. The van der Waals surface area contributed by atoms with Crippen molar-refractivity contribution in [3.05, 3.63) is 47.5 Å². The first-order chi connectivity index (χ1) is 13.0. The molecule has 4 aromatic rings. The Kier molecular flexibility index (Phi) is 4.23. The molecule has 0 fully saturated rings. The van der Waals surface area contributed by atoms with Crippen molar-refractivity contribution in [1.29, 1.82) is 0 Å².